The van der Waals surface area contributed by atoms with E-state index in [0.29, 0.717) is 19.0 Å². The first-order chi connectivity index (χ1) is 9.52. The van der Waals surface area contributed by atoms with Gasteiger partial charge in [0, 0.05) is 13.1 Å². The molecule has 21 heavy (non-hydrogen) atoms. The summed E-state index contributed by atoms with van der Waals surface area (Å²) in [7, 11) is 0. The number of aryl methyl sites for hydroxylation is 1. The number of aliphatic imine (C=N–C) groups is 1. The molecule has 0 saturated carbocycles. The van der Waals surface area contributed by atoms with Crippen molar-refractivity contribution in [2.75, 3.05) is 19.6 Å². The standard InChI is InChI=1S/C15H23F2N3.HI/c1-4-18-15(20-10-14(16)17)19-9-12(3)13-7-5-6-11(2)8-13;/h5-8,12,14H,4,9-10H2,1-3H3,(H2,18,19,20);1H. The van der Waals surface area contributed by atoms with Crippen molar-refractivity contribution in [3.8, 4) is 0 Å². The molecule has 1 aromatic carbocycles. The number of halogens is 3. The zero-order valence-corrected chi connectivity index (χ0v) is 15.0. The lowest BCUT2D eigenvalue weighted by Crippen LogP contribution is -2.39. The van der Waals surface area contributed by atoms with Crippen LogP contribution < -0.4 is 10.6 Å². The van der Waals surface area contributed by atoms with Gasteiger partial charge in [0.1, 0.15) is 6.54 Å². The first-order valence-corrected chi connectivity index (χ1v) is 6.89. The molecular formula is C15H24F2IN3. The summed E-state index contributed by atoms with van der Waals surface area (Å²) in [5, 5.41) is 6.06. The van der Waals surface area contributed by atoms with Crippen molar-refractivity contribution in [3.63, 3.8) is 0 Å². The lowest BCUT2D eigenvalue weighted by Gasteiger charge is -2.16. The van der Waals surface area contributed by atoms with Crippen molar-refractivity contribution in [1.29, 1.82) is 0 Å². The highest BCUT2D eigenvalue weighted by Crippen LogP contribution is 2.15. The summed E-state index contributed by atoms with van der Waals surface area (Å²) in [5.74, 6) is 0.720. The summed E-state index contributed by atoms with van der Waals surface area (Å²) in [5.41, 5.74) is 2.44. The molecule has 0 radical (unpaired) electrons. The molecule has 6 heteroatoms. The van der Waals surface area contributed by atoms with Crippen LogP contribution in [0.2, 0.25) is 0 Å². The third kappa shape index (κ3) is 8.18. The van der Waals surface area contributed by atoms with E-state index >= 15 is 0 Å². The number of guanidine groups is 1. The molecule has 0 spiro atoms. The third-order valence-corrected chi connectivity index (χ3v) is 2.92. The van der Waals surface area contributed by atoms with Crippen LogP contribution in [0.5, 0.6) is 0 Å². The minimum Gasteiger partial charge on any atom is -0.357 e. The molecule has 0 saturated heterocycles. The second-order valence-corrected chi connectivity index (χ2v) is 4.81. The van der Waals surface area contributed by atoms with Gasteiger partial charge in [-0.25, -0.2) is 13.8 Å². The Balaban J connectivity index is 0.00000400. The minimum atomic E-state index is -2.42. The minimum absolute atomic E-state index is 0. The van der Waals surface area contributed by atoms with Crippen LogP contribution in [0.1, 0.15) is 30.9 Å². The lowest BCUT2D eigenvalue weighted by molar-refractivity contribution is 0.158. The smallest absolute Gasteiger partial charge is 0.257 e. The third-order valence-electron chi connectivity index (χ3n) is 2.92. The number of alkyl halides is 2. The van der Waals surface area contributed by atoms with Gasteiger partial charge in [-0.1, -0.05) is 36.8 Å². The number of nitrogens with zero attached hydrogens (tertiary/aromatic N) is 1. The molecule has 1 aromatic rings. The van der Waals surface area contributed by atoms with E-state index in [0.717, 1.165) is 0 Å². The second-order valence-electron chi connectivity index (χ2n) is 4.81. The van der Waals surface area contributed by atoms with E-state index in [1.807, 2.05) is 13.0 Å². The highest BCUT2D eigenvalue weighted by atomic mass is 127. The molecular weight excluding hydrogens is 387 g/mol. The van der Waals surface area contributed by atoms with Crippen LogP contribution in [-0.4, -0.2) is 32.0 Å². The van der Waals surface area contributed by atoms with Gasteiger partial charge in [-0.15, -0.1) is 24.0 Å². The van der Waals surface area contributed by atoms with Gasteiger partial charge < -0.3 is 10.6 Å². The Morgan fingerprint density at radius 3 is 2.57 bits per heavy atom. The van der Waals surface area contributed by atoms with Gasteiger partial charge in [-0.05, 0) is 25.3 Å². The molecule has 1 atom stereocenters. The Morgan fingerprint density at radius 2 is 2.00 bits per heavy atom. The first kappa shape index (κ1) is 20.1. The van der Waals surface area contributed by atoms with Crippen LogP contribution >= 0.6 is 24.0 Å². The van der Waals surface area contributed by atoms with Gasteiger partial charge in [0.25, 0.3) is 6.43 Å². The summed E-state index contributed by atoms with van der Waals surface area (Å²) in [6, 6.07) is 8.28. The molecule has 0 aliphatic carbocycles. The fourth-order valence-electron chi connectivity index (χ4n) is 1.85. The molecule has 1 unspecified atom stereocenters. The van der Waals surface area contributed by atoms with E-state index in [1.54, 1.807) is 0 Å². The normalized spacial score (nSPS) is 12.8. The number of benzene rings is 1. The first-order valence-electron chi connectivity index (χ1n) is 6.89. The van der Waals surface area contributed by atoms with E-state index < -0.39 is 13.0 Å². The molecule has 0 aliphatic rings. The zero-order chi connectivity index (χ0) is 15.0. The average molecular weight is 411 g/mol. The molecule has 3 nitrogen and oxygen atoms in total. The predicted molar refractivity (Wildman–Crippen MR) is 95.0 cm³/mol. The van der Waals surface area contributed by atoms with Gasteiger partial charge in [0.2, 0.25) is 0 Å². The molecule has 0 heterocycles. The molecule has 0 aromatic heterocycles. The Bertz CT molecular complexity index is 439. The van der Waals surface area contributed by atoms with Gasteiger partial charge in [-0.3, -0.25) is 0 Å². The van der Waals surface area contributed by atoms with Crippen LogP contribution in [0.15, 0.2) is 29.3 Å². The fourth-order valence-corrected chi connectivity index (χ4v) is 1.85. The number of hydrogen-bond acceptors (Lipinski definition) is 1. The Morgan fingerprint density at radius 1 is 1.29 bits per heavy atom. The molecule has 0 fully saturated rings. The maximum atomic E-state index is 12.2. The van der Waals surface area contributed by atoms with Crippen LogP contribution in [0.3, 0.4) is 0 Å². The molecule has 120 valence electrons. The average Bonchev–Trinajstić information content (AvgIpc) is 2.41. The van der Waals surface area contributed by atoms with E-state index in [9.17, 15) is 8.78 Å². The fraction of sp³-hybridized carbons (Fsp3) is 0.533. The van der Waals surface area contributed by atoms with E-state index in [4.69, 9.17) is 0 Å². The summed E-state index contributed by atoms with van der Waals surface area (Å²) in [4.78, 5) is 3.84. The van der Waals surface area contributed by atoms with Crippen molar-refractivity contribution in [2.45, 2.75) is 33.1 Å². The molecule has 0 bridgehead atoms. The van der Waals surface area contributed by atoms with Gasteiger partial charge in [-0.2, -0.15) is 0 Å². The number of nitrogens with one attached hydrogen (secondary N) is 2. The monoisotopic (exact) mass is 411 g/mol. The maximum Gasteiger partial charge on any atom is 0.257 e. The Hall–Kier alpha value is -0.920. The number of hydrogen-bond donors (Lipinski definition) is 2. The van der Waals surface area contributed by atoms with Crippen LogP contribution in [0.25, 0.3) is 0 Å². The Labute approximate surface area is 142 Å². The Kier molecular flexibility index (Phi) is 10.3. The maximum absolute atomic E-state index is 12.2. The van der Waals surface area contributed by atoms with E-state index in [1.165, 1.54) is 11.1 Å². The highest BCUT2D eigenvalue weighted by molar-refractivity contribution is 14.0. The summed E-state index contributed by atoms with van der Waals surface area (Å²) in [6.45, 7) is 6.88. The van der Waals surface area contributed by atoms with Crippen molar-refractivity contribution >= 4 is 29.9 Å². The topological polar surface area (TPSA) is 36.4 Å². The number of rotatable bonds is 6. The summed E-state index contributed by atoms with van der Waals surface area (Å²) in [6.07, 6.45) is -2.42. The van der Waals surface area contributed by atoms with Crippen molar-refractivity contribution in [2.24, 2.45) is 4.99 Å². The van der Waals surface area contributed by atoms with Crippen molar-refractivity contribution in [3.05, 3.63) is 35.4 Å². The zero-order valence-electron chi connectivity index (χ0n) is 12.7. The van der Waals surface area contributed by atoms with Crippen LogP contribution in [0.4, 0.5) is 8.78 Å². The highest BCUT2D eigenvalue weighted by Gasteiger charge is 2.07. The molecule has 2 N–H and O–H groups in total. The van der Waals surface area contributed by atoms with Gasteiger partial charge in [0.15, 0.2) is 5.96 Å². The summed E-state index contributed by atoms with van der Waals surface area (Å²) >= 11 is 0. The largest absolute Gasteiger partial charge is 0.357 e. The molecule has 0 aliphatic heterocycles. The van der Waals surface area contributed by atoms with Gasteiger partial charge in [0.05, 0.1) is 0 Å². The van der Waals surface area contributed by atoms with Crippen molar-refractivity contribution in [1.82, 2.24) is 10.6 Å². The summed E-state index contributed by atoms with van der Waals surface area (Å²) < 4.78 is 24.4. The predicted octanol–water partition coefficient (Wildman–Crippen LogP) is 3.54. The van der Waals surface area contributed by atoms with E-state index in [2.05, 4.69) is 47.7 Å². The molecule has 0 amide bonds. The van der Waals surface area contributed by atoms with E-state index in [-0.39, 0.29) is 29.9 Å². The van der Waals surface area contributed by atoms with Crippen LogP contribution in [0, 0.1) is 6.92 Å². The second kappa shape index (κ2) is 10.8. The quantitative estimate of drug-likeness (QED) is 0.427. The van der Waals surface area contributed by atoms with Gasteiger partial charge >= 0.3 is 0 Å². The van der Waals surface area contributed by atoms with Crippen molar-refractivity contribution < 1.29 is 8.78 Å². The molecule has 1 rings (SSSR count). The lowest BCUT2D eigenvalue weighted by atomic mass is 9.99. The van der Waals surface area contributed by atoms with Crippen LogP contribution in [-0.2, 0) is 0 Å². The SMILES string of the molecule is CCNC(=NCC(F)F)NCC(C)c1cccc(C)c1.I.